The molecular formula is C12H10FNO4. The molecule has 2 rings (SSSR count). The highest BCUT2D eigenvalue weighted by Gasteiger charge is 2.09. The van der Waals surface area contributed by atoms with E-state index in [1.165, 1.54) is 18.4 Å². The molecule has 0 amide bonds. The van der Waals surface area contributed by atoms with E-state index < -0.39 is 11.8 Å². The Balaban J connectivity index is 1.96. The molecular weight excluding hydrogens is 241 g/mol. The maximum absolute atomic E-state index is 13.2. The van der Waals surface area contributed by atoms with Crippen LogP contribution in [0.25, 0.3) is 0 Å². The molecule has 0 unspecified atom stereocenters. The predicted octanol–water partition coefficient (Wildman–Crippen LogP) is 2.02. The molecule has 2 aromatic rings. The summed E-state index contributed by atoms with van der Waals surface area (Å²) in [5.41, 5.74) is 0.301. The summed E-state index contributed by atoms with van der Waals surface area (Å²) in [5.74, 6) is -1.18. The van der Waals surface area contributed by atoms with Crippen molar-refractivity contribution in [1.29, 1.82) is 0 Å². The van der Waals surface area contributed by atoms with Crippen molar-refractivity contribution >= 4 is 5.97 Å². The van der Waals surface area contributed by atoms with Gasteiger partial charge in [0.15, 0.2) is 18.2 Å². The molecule has 18 heavy (non-hydrogen) atoms. The maximum Gasteiger partial charge on any atom is 0.309 e. The van der Waals surface area contributed by atoms with Gasteiger partial charge in [-0.1, -0.05) is 12.1 Å². The first-order valence-corrected chi connectivity index (χ1v) is 5.17. The number of aliphatic carboxylic acids is 1. The predicted molar refractivity (Wildman–Crippen MR) is 58.6 cm³/mol. The molecule has 0 saturated heterocycles. The van der Waals surface area contributed by atoms with Gasteiger partial charge in [0, 0.05) is 0 Å². The van der Waals surface area contributed by atoms with Crippen LogP contribution in [0.4, 0.5) is 4.39 Å². The molecule has 0 aliphatic heterocycles. The van der Waals surface area contributed by atoms with Crippen LogP contribution in [-0.2, 0) is 17.8 Å². The van der Waals surface area contributed by atoms with Crippen molar-refractivity contribution < 1.29 is 23.4 Å². The molecule has 0 atom stereocenters. The van der Waals surface area contributed by atoms with E-state index in [9.17, 15) is 9.18 Å². The van der Waals surface area contributed by atoms with Gasteiger partial charge in [-0.25, -0.2) is 9.37 Å². The summed E-state index contributed by atoms with van der Waals surface area (Å²) >= 11 is 0. The van der Waals surface area contributed by atoms with E-state index in [2.05, 4.69) is 4.98 Å². The van der Waals surface area contributed by atoms with Gasteiger partial charge in [-0.05, 0) is 12.1 Å². The van der Waals surface area contributed by atoms with Crippen LogP contribution in [0.1, 0.15) is 11.6 Å². The second kappa shape index (κ2) is 5.31. The molecule has 5 nitrogen and oxygen atoms in total. The largest absolute Gasteiger partial charge is 0.481 e. The summed E-state index contributed by atoms with van der Waals surface area (Å²) in [6.45, 7) is -0.0550. The Kier molecular flexibility index (Phi) is 3.57. The second-order valence-electron chi connectivity index (χ2n) is 3.52. The molecule has 1 aromatic heterocycles. The zero-order valence-electron chi connectivity index (χ0n) is 9.30. The Labute approximate surface area is 102 Å². The van der Waals surface area contributed by atoms with E-state index in [-0.39, 0.29) is 24.7 Å². The average Bonchev–Trinajstić information content (AvgIpc) is 2.75. The summed E-state index contributed by atoms with van der Waals surface area (Å²) in [6, 6.07) is 5.96. The van der Waals surface area contributed by atoms with Crippen molar-refractivity contribution in [2.45, 2.75) is 13.0 Å². The van der Waals surface area contributed by atoms with Gasteiger partial charge in [-0.2, -0.15) is 0 Å². The van der Waals surface area contributed by atoms with Gasteiger partial charge in [0.2, 0.25) is 5.89 Å². The van der Waals surface area contributed by atoms with Gasteiger partial charge < -0.3 is 14.3 Å². The summed E-state index contributed by atoms with van der Waals surface area (Å²) in [7, 11) is 0. The molecule has 0 fully saturated rings. The average molecular weight is 251 g/mol. The van der Waals surface area contributed by atoms with Gasteiger partial charge in [-0.15, -0.1) is 0 Å². The topological polar surface area (TPSA) is 72.6 Å². The molecule has 0 aliphatic rings. The lowest BCUT2D eigenvalue weighted by Gasteiger charge is -2.03. The van der Waals surface area contributed by atoms with E-state index in [1.54, 1.807) is 12.1 Å². The number of ether oxygens (including phenoxy) is 1. The van der Waals surface area contributed by atoms with E-state index in [1.807, 2.05) is 0 Å². The molecule has 6 heteroatoms. The Morgan fingerprint density at radius 3 is 2.94 bits per heavy atom. The molecule has 94 valence electrons. The number of nitrogens with zero attached hydrogens (tertiary/aromatic N) is 1. The summed E-state index contributed by atoms with van der Waals surface area (Å²) in [4.78, 5) is 14.3. The minimum atomic E-state index is -0.995. The number of para-hydroxylation sites is 1. The van der Waals surface area contributed by atoms with Crippen LogP contribution < -0.4 is 4.74 Å². The third-order valence-corrected chi connectivity index (χ3v) is 2.12. The molecule has 0 spiro atoms. The first-order chi connectivity index (χ1) is 8.65. The van der Waals surface area contributed by atoms with Gasteiger partial charge in [0.05, 0.1) is 12.1 Å². The van der Waals surface area contributed by atoms with E-state index >= 15 is 0 Å². The number of hydrogen-bond donors (Lipinski definition) is 1. The van der Waals surface area contributed by atoms with Crippen molar-refractivity contribution in [3.05, 3.63) is 47.9 Å². The molecule has 0 saturated carbocycles. The molecule has 0 aliphatic carbocycles. The number of benzene rings is 1. The third-order valence-electron chi connectivity index (χ3n) is 2.12. The normalized spacial score (nSPS) is 10.3. The molecule has 1 heterocycles. The van der Waals surface area contributed by atoms with Crippen molar-refractivity contribution in [3.8, 4) is 5.75 Å². The fraction of sp³-hybridized carbons (Fsp3) is 0.167. The highest BCUT2D eigenvalue weighted by atomic mass is 19.1. The Bertz CT molecular complexity index is 553. The highest BCUT2D eigenvalue weighted by Crippen LogP contribution is 2.17. The number of rotatable bonds is 5. The molecule has 1 aromatic carbocycles. The summed E-state index contributed by atoms with van der Waals surface area (Å²) < 4.78 is 23.4. The quantitative estimate of drug-likeness (QED) is 0.880. The van der Waals surface area contributed by atoms with Gasteiger partial charge in [0.25, 0.3) is 0 Å². The lowest BCUT2D eigenvalue weighted by atomic mass is 10.3. The van der Waals surface area contributed by atoms with Crippen LogP contribution in [0.2, 0.25) is 0 Å². The van der Waals surface area contributed by atoms with Crippen molar-refractivity contribution in [1.82, 2.24) is 4.98 Å². The van der Waals surface area contributed by atoms with Crippen LogP contribution >= 0.6 is 0 Å². The van der Waals surface area contributed by atoms with E-state index in [0.29, 0.717) is 5.69 Å². The zero-order chi connectivity index (χ0) is 13.0. The second-order valence-corrected chi connectivity index (χ2v) is 3.52. The van der Waals surface area contributed by atoms with E-state index in [0.717, 1.165) is 0 Å². The fourth-order valence-corrected chi connectivity index (χ4v) is 1.35. The van der Waals surface area contributed by atoms with Crippen LogP contribution in [-0.4, -0.2) is 16.1 Å². The number of aromatic nitrogens is 1. The molecule has 1 N–H and O–H groups in total. The first kappa shape index (κ1) is 12.1. The number of hydrogen-bond acceptors (Lipinski definition) is 4. The molecule has 0 radical (unpaired) electrons. The Morgan fingerprint density at radius 1 is 1.44 bits per heavy atom. The Hall–Kier alpha value is -2.37. The lowest BCUT2D eigenvalue weighted by Crippen LogP contribution is -2.01. The van der Waals surface area contributed by atoms with Crippen molar-refractivity contribution in [3.63, 3.8) is 0 Å². The number of halogens is 1. The monoisotopic (exact) mass is 251 g/mol. The standard InChI is InChI=1S/C12H10FNO4/c13-9-3-1-2-4-10(9)17-7-11-14-8(6-18-11)5-12(15)16/h1-4,6H,5,7H2,(H,15,16). The minimum absolute atomic E-state index is 0.0550. The summed E-state index contributed by atoms with van der Waals surface area (Å²) in [6.07, 6.45) is 1.03. The van der Waals surface area contributed by atoms with Crippen LogP contribution in [0, 0.1) is 5.82 Å². The number of carboxylic acid groups (broad SMARTS) is 1. The van der Waals surface area contributed by atoms with Gasteiger partial charge in [-0.3, -0.25) is 4.79 Å². The van der Waals surface area contributed by atoms with Crippen molar-refractivity contribution in [2.24, 2.45) is 0 Å². The lowest BCUT2D eigenvalue weighted by molar-refractivity contribution is -0.136. The number of carboxylic acids is 1. The van der Waals surface area contributed by atoms with Crippen LogP contribution in [0.15, 0.2) is 34.9 Å². The third kappa shape index (κ3) is 3.07. The zero-order valence-corrected chi connectivity index (χ0v) is 9.30. The van der Waals surface area contributed by atoms with Crippen LogP contribution in [0.5, 0.6) is 5.75 Å². The number of oxazole rings is 1. The van der Waals surface area contributed by atoms with Gasteiger partial charge >= 0.3 is 5.97 Å². The Morgan fingerprint density at radius 2 is 2.22 bits per heavy atom. The smallest absolute Gasteiger partial charge is 0.309 e. The number of carbonyl (C=O) groups is 1. The first-order valence-electron chi connectivity index (χ1n) is 5.17. The summed E-state index contributed by atoms with van der Waals surface area (Å²) in [5, 5.41) is 8.56. The fourth-order valence-electron chi connectivity index (χ4n) is 1.35. The van der Waals surface area contributed by atoms with Crippen LogP contribution in [0.3, 0.4) is 0 Å². The maximum atomic E-state index is 13.2. The SMILES string of the molecule is O=C(O)Cc1coc(COc2ccccc2F)n1. The highest BCUT2D eigenvalue weighted by molar-refractivity contribution is 5.69. The van der Waals surface area contributed by atoms with Gasteiger partial charge in [0.1, 0.15) is 6.26 Å². The van der Waals surface area contributed by atoms with Crippen molar-refractivity contribution in [2.75, 3.05) is 0 Å². The van der Waals surface area contributed by atoms with E-state index in [4.69, 9.17) is 14.3 Å². The molecule has 0 bridgehead atoms. The minimum Gasteiger partial charge on any atom is -0.481 e.